The molecule has 254 valence electrons. The predicted octanol–water partition coefficient (Wildman–Crippen LogP) is 3.78. The summed E-state index contributed by atoms with van der Waals surface area (Å²) in [6.07, 6.45) is 13.0. The first-order chi connectivity index (χ1) is 21.7. The summed E-state index contributed by atoms with van der Waals surface area (Å²) in [5.74, 6) is 11.2. The molecule has 7 N–H and O–H groups in total. The zero-order valence-corrected chi connectivity index (χ0v) is 26.9. The Balaban J connectivity index is 0.000000454. The van der Waals surface area contributed by atoms with E-state index in [1.54, 1.807) is 0 Å². The van der Waals surface area contributed by atoms with Crippen molar-refractivity contribution in [2.24, 2.45) is 11.5 Å². The van der Waals surface area contributed by atoms with E-state index in [2.05, 4.69) is 34.3 Å². The highest BCUT2D eigenvalue weighted by molar-refractivity contribution is 5.81. The van der Waals surface area contributed by atoms with Crippen molar-refractivity contribution in [1.82, 2.24) is 10.6 Å². The van der Waals surface area contributed by atoms with Gasteiger partial charge in [0.1, 0.15) is 24.5 Å². The molecule has 0 aliphatic heterocycles. The van der Waals surface area contributed by atoms with Crippen LogP contribution in [-0.2, 0) is 23.8 Å². The summed E-state index contributed by atoms with van der Waals surface area (Å²) < 4.78 is 15.9. The first-order valence-corrected chi connectivity index (χ1v) is 16.4. The fraction of sp³-hybridized carbons (Fsp3) is 0.758. The van der Waals surface area contributed by atoms with Gasteiger partial charge in [-0.3, -0.25) is 9.59 Å². The van der Waals surface area contributed by atoms with Crippen molar-refractivity contribution in [2.45, 2.75) is 134 Å². The molecule has 0 spiro atoms. The van der Waals surface area contributed by atoms with E-state index < -0.39 is 30.2 Å². The number of carbonyl (C=O) groups is 4. The van der Waals surface area contributed by atoms with Crippen molar-refractivity contribution in [1.29, 1.82) is 0 Å². The van der Waals surface area contributed by atoms with Gasteiger partial charge in [-0.05, 0) is 84.0 Å². The number of nitrogens with two attached hydrogens (primary N) is 2. The maximum absolute atomic E-state index is 11.6. The van der Waals surface area contributed by atoms with Gasteiger partial charge in [-0.2, -0.15) is 0 Å². The van der Waals surface area contributed by atoms with Crippen molar-refractivity contribution in [3.63, 3.8) is 0 Å². The number of aliphatic carboxylic acids is 1. The molecule has 4 unspecified atom stereocenters. The lowest BCUT2D eigenvalue weighted by Gasteiger charge is -2.14. The minimum Gasteiger partial charge on any atom is -0.480 e. The summed E-state index contributed by atoms with van der Waals surface area (Å²) in [4.78, 5) is 44.6. The zero-order chi connectivity index (χ0) is 33.1. The van der Waals surface area contributed by atoms with Crippen molar-refractivity contribution in [2.75, 3.05) is 26.3 Å². The number of amides is 2. The molecule has 0 aromatic heterocycles. The highest BCUT2D eigenvalue weighted by atomic mass is 16.6. The Hall–Kier alpha value is -3.32. The summed E-state index contributed by atoms with van der Waals surface area (Å²) in [6, 6.07) is -1.23. The molecule has 0 radical (unpaired) electrons. The molecule has 0 bridgehead atoms. The van der Waals surface area contributed by atoms with Gasteiger partial charge in [-0.25, -0.2) is 9.59 Å². The normalized spacial score (nSPS) is 18.9. The number of carbonyl (C=O) groups excluding carboxylic acids is 3. The van der Waals surface area contributed by atoms with E-state index in [-0.39, 0.29) is 24.6 Å². The van der Waals surface area contributed by atoms with Gasteiger partial charge in [0.25, 0.3) is 0 Å². The van der Waals surface area contributed by atoms with Crippen LogP contribution in [-0.4, -0.2) is 79.6 Å². The Morgan fingerprint density at radius 1 is 0.756 bits per heavy atom. The fourth-order valence-corrected chi connectivity index (χ4v) is 4.40. The van der Waals surface area contributed by atoms with Gasteiger partial charge in [-0.1, -0.05) is 30.6 Å². The first kappa shape index (κ1) is 39.7. The van der Waals surface area contributed by atoms with Gasteiger partial charge >= 0.3 is 18.2 Å². The maximum Gasteiger partial charge on any atom is 0.408 e. The minimum absolute atomic E-state index is 0.00338. The van der Waals surface area contributed by atoms with Gasteiger partial charge in [0.15, 0.2) is 6.10 Å². The Morgan fingerprint density at radius 2 is 1.31 bits per heavy atom. The van der Waals surface area contributed by atoms with E-state index in [9.17, 15) is 19.2 Å². The lowest BCUT2D eigenvalue weighted by Crippen LogP contribution is -2.31. The smallest absolute Gasteiger partial charge is 0.408 e. The number of unbranched alkanes of at least 4 members (excludes halogenated alkanes) is 2. The Bertz CT molecular complexity index is 1000. The number of carboxylic acids is 1. The zero-order valence-electron chi connectivity index (χ0n) is 26.9. The Morgan fingerprint density at radius 3 is 1.91 bits per heavy atom. The van der Waals surface area contributed by atoms with Crippen LogP contribution in [0.5, 0.6) is 0 Å². The summed E-state index contributed by atoms with van der Waals surface area (Å²) >= 11 is 0. The van der Waals surface area contributed by atoms with Crippen LogP contribution >= 0.6 is 0 Å². The van der Waals surface area contributed by atoms with E-state index >= 15 is 0 Å². The summed E-state index contributed by atoms with van der Waals surface area (Å²) in [5.41, 5.74) is 11.0. The lowest BCUT2D eigenvalue weighted by atomic mass is 10.1. The molecular formula is C33H54N4O8. The van der Waals surface area contributed by atoms with Crippen LogP contribution in [0.25, 0.3) is 0 Å². The van der Waals surface area contributed by atoms with E-state index in [1.807, 2.05) is 0 Å². The number of carboxylic acid groups (broad SMARTS) is 1. The summed E-state index contributed by atoms with van der Waals surface area (Å²) in [5, 5.41) is 13.9. The van der Waals surface area contributed by atoms with Gasteiger partial charge in [-0.15, -0.1) is 5.92 Å². The third-order valence-corrected chi connectivity index (χ3v) is 7.21. The molecule has 4 atom stereocenters. The van der Waals surface area contributed by atoms with E-state index in [1.165, 1.54) is 19.8 Å². The van der Waals surface area contributed by atoms with E-state index in [4.69, 9.17) is 30.8 Å². The van der Waals surface area contributed by atoms with E-state index in [0.717, 1.165) is 64.2 Å². The molecular weight excluding hydrogens is 580 g/mol. The molecule has 2 rings (SSSR count). The van der Waals surface area contributed by atoms with Crippen LogP contribution in [0.2, 0.25) is 0 Å². The van der Waals surface area contributed by atoms with Crippen LogP contribution in [0.15, 0.2) is 0 Å². The van der Waals surface area contributed by atoms with Crippen LogP contribution in [0, 0.1) is 23.7 Å². The predicted molar refractivity (Wildman–Crippen MR) is 171 cm³/mol. The molecule has 0 fully saturated rings. The van der Waals surface area contributed by atoms with Crippen LogP contribution in [0.1, 0.15) is 110 Å². The number of ketones is 1. The molecule has 0 aromatic carbocycles. The highest BCUT2D eigenvalue weighted by Crippen LogP contribution is 2.12. The van der Waals surface area contributed by atoms with Crippen molar-refractivity contribution in [3.05, 3.63) is 0 Å². The van der Waals surface area contributed by atoms with Gasteiger partial charge in [0.2, 0.25) is 0 Å². The van der Waals surface area contributed by atoms with Crippen LogP contribution in [0.3, 0.4) is 0 Å². The number of rotatable bonds is 17. The summed E-state index contributed by atoms with van der Waals surface area (Å²) in [7, 11) is 0. The second-order valence-corrected chi connectivity index (χ2v) is 11.2. The van der Waals surface area contributed by atoms with Crippen molar-refractivity contribution >= 4 is 23.9 Å². The maximum atomic E-state index is 11.6. The SMILES string of the molecule is CC(=O)C(N)CCCCNC(=O)OCCOC1C#CCCCCC1.NC(CCCCNC(=O)OC1C#CCCCCC1)C(=O)O. The summed E-state index contributed by atoms with van der Waals surface area (Å²) in [6.45, 7) is 3.04. The molecule has 0 heterocycles. The third kappa shape index (κ3) is 22.8. The molecule has 12 heteroatoms. The third-order valence-electron chi connectivity index (χ3n) is 7.21. The molecule has 45 heavy (non-hydrogen) atoms. The number of Topliss-reactive ketones (excluding diaryl/α,β-unsaturated/α-hetero) is 1. The molecule has 0 aromatic rings. The fourth-order valence-electron chi connectivity index (χ4n) is 4.40. The average molecular weight is 635 g/mol. The van der Waals surface area contributed by atoms with E-state index in [0.29, 0.717) is 45.4 Å². The van der Waals surface area contributed by atoms with Crippen LogP contribution < -0.4 is 22.1 Å². The largest absolute Gasteiger partial charge is 0.480 e. The minimum atomic E-state index is -0.995. The molecule has 2 aliphatic carbocycles. The topological polar surface area (TPSA) is 192 Å². The standard InChI is InChI=1S/C18H30N2O4.C15H24N2O4/c1-15(21)17(19)11-7-8-12-20-18(22)24-14-13-23-16-9-5-3-2-4-6-10-16;16-13(14(18)19)10-6-7-11-17-15(20)21-12-8-4-2-1-3-5-9-12/h16-17H,2-5,7-9,11-14,19H2,1H3,(H,20,22);12-13H,1-4,6-8,10-11,16H2,(H,17,20)(H,18,19). The van der Waals surface area contributed by atoms with Gasteiger partial charge in [0.05, 0.1) is 12.6 Å². The number of nitrogens with one attached hydrogen (secondary N) is 2. The van der Waals surface area contributed by atoms with Crippen molar-refractivity contribution < 1.29 is 38.5 Å². The average Bonchev–Trinajstić information content (AvgIpc) is 2.97. The number of ether oxygens (including phenoxy) is 3. The monoisotopic (exact) mass is 634 g/mol. The molecule has 2 amide bonds. The Labute approximate surface area is 268 Å². The highest BCUT2D eigenvalue weighted by Gasteiger charge is 2.14. The second-order valence-electron chi connectivity index (χ2n) is 11.2. The molecule has 0 saturated heterocycles. The first-order valence-electron chi connectivity index (χ1n) is 16.4. The van der Waals surface area contributed by atoms with Gasteiger partial charge < -0.3 is 41.4 Å². The van der Waals surface area contributed by atoms with Gasteiger partial charge in [0, 0.05) is 25.9 Å². The Kier molecular flexibility index (Phi) is 22.9. The number of hydrogen-bond donors (Lipinski definition) is 5. The molecule has 0 saturated carbocycles. The van der Waals surface area contributed by atoms with Crippen molar-refractivity contribution in [3.8, 4) is 23.7 Å². The second kappa shape index (κ2) is 26.0. The number of alkyl carbamates (subject to hydrolysis) is 2. The van der Waals surface area contributed by atoms with Crippen LogP contribution in [0.4, 0.5) is 9.59 Å². The molecule has 2 aliphatic rings. The number of hydrogen-bond acceptors (Lipinski definition) is 9. The molecule has 12 nitrogen and oxygen atoms in total. The quantitative estimate of drug-likeness (QED) is 0.116. The lowest BCUT2D eigenvalue weighted by molar-refractivity contribution is -0.138.